The second kappa shape index (κ2) is 9.23. The zero-order valence-electron chi connectivity index (χ0n) is 18.2. The van der Waals surface area contributed by atoms with Crippen LogP contribution in [0.15, 0.2) is 24.3 Å². The molecule has 1 atom stereocenters. The molecule has 2 aliphatic rings. The van der Waals surface area contributed by atoms with E-state index < -0.39 is 12.0 Å². The number of nitrogens with one attached hydrogen (secondary N) is 2. The highest BCUT2D eigenvalue weighted by atomic mass is 19.2. The number of aromatic nitrogens is 1. The highest BCUT2D eigenvalue weighted by Crippen LogP contribution is 2.38. The van der Waals surface area contributed by atoms with Crippen LogP contribution in [0.5, 0.6) is 0 Å². The van der Waals surface area contributed by atoms with Crippen molar-refractivity contribution >= 4 is 29.2 Å². The van der Waals surface area contributed by atoms with Crippen molar-refractivity contribution in [2.24, 2.45) is 0 Å². The summed E-state index contributed by atoms with van der Waals surface area (Å²) in [7, 11) is 0. The van der Waals surface area contributed by atoms with Gasteiger partial charge < -0.3 is 20.1 Å². The monoisotopic (exact) mass is 442 g/mol. The number of carbonyl (C=O) groups is 2. The number of amides is 2. The number of nitrogens with zero attached hydrogens (tertiary/aromatic N) is 2. The minimum absolute atomic E-state index is 0.124. The van der Waals surface area contributed by atoms with Crippen LogP contribution in [0.3, 0.4) is 0 Å². The lowest BCUT2D eigenvalue weighted by Gasteiger charge is -2.28. The summed E-state index contributed by atoms with van der Waals surface area (Å²) in [5.74, 6) is -1.05. The summed E-state index contributed by atoms with van der Waals surface area (Å²) in [4.78, 5) is 30.4. The largest absolute Gasteiger partial charge is 0.390 e. The lowest BCUT2D eigenvalue weighted by Crippen LogP contribution is -2.44. The Hall–Kier alpha value is -3.01. The number of anilines is 1. The number of aromatic amines is 1. The van der Waals surface area contributed by atoms with Gasteiger partial charge in [0.05, 0.1) is 36.1 Å². The van der Waals surface area contributed by atoms with Crippen LogP contribution in [0.4, 0.5) is 10.2 Å². The molecule has 4 rings (SSSR count). The summed E-state index contributed by atoms with van der Waals surface area (Å²) in [6.07, 6.45) is 0.883. The van der Waals surface area contributed by atoms with Crippen molar-refractivity contribution in [2.75, 3.05) is 44.5 Å². The van der Waals surface area contributed by atoms with Gasteiger partial charge in [0.25, 0.3) is 11.8 Å². The number of hydrogen-bond acceptors (Lipinski definition) is 5. The summed E-state index contributed by atoms with van der Waals surface area (Å²) in [5.41, 5.74) is 3.23. The average molecular weight is 442 g/mol. The van der Waals surface area contributed by atoms with Gasteiger partial charge in [-0.1, -0.05) is 22.7 Å². The first-order chi connectivity index (χ1) is 15.4. The van der Waals surface area contributed by atoms with Crippen molar-refractivity contribution in [3.63, 3.8) is 0 Å². The molecule has 1 aromatic heterocycles. The van der Waals surface area contributed by atoms with Crippen molar-refractivity contribution in [3.05, 3.63) is 52.3 Å². The van der Waals surface area contributed by atoms with Gasteiger partial charge >= 0.3 is 0 Å². The van der Waals surface area contributed by atoms with E-state index in [1.54, 1.807) is 44.2 Å². The lowest BCUT2D eigenvalue weighted by atomic mass is 10.0. The van der Waals surface area contributed by atoms with Crippen LogP contribution >= 0.6 is 0 Å². The van der Waals surface area contributed by atoms with Crippen LogP contribution in [-0.4, -0.2) is 72.3 Å². The Morgan fingerprint density at radius 3 is 2.78 bits per heavy atom. The third kappa shape index (κ3) is 4.32. The molecule has 2 aromatic rings. The van der Waals surface area contributed by atoms with Crippen molar-refractivity contribution in [1.29, 1.82) is 0 Å². The molecule has 0 aliphatic carbocycles. The molecule has 0 bridgehead atoms. The number of morpholine rings is 1. The number of H-pyrrole nitrogens is 1. The fourth-order valence-corrected chi connectivity index (χ4v) is 4.19. The van der Waals surface area contributed by atoms with Crippen LogP contribution in [-0.2, 0) is 9.53 Å². The highest BCUT2D eigenvalue weighted by molar-refractivity contribution is 6.35. The quantitative estimate of drug-likeness (QED) is 0.468. The number of aliphatic hydroxyl groups is 1. The zero-order chi connectivity index (χ0) is 22.8. The number of ether oxygens (including phenoxy) is 1. The Morgan fingerprint density at radius 1 is 1.31 bits per heavy atom. The van der Waals surface area contributed by atoms with E-state index in [0.717, 1.165) is 13.1 Å². The molecule has 9 heteroatoms. The zero-order valence-corrected chi connectivity index (χ0v) is 18.2. The molecule has 0 spiro atoms. The standard InChI is InChI=1S/C23H27FN4O4/c1-14-19(11-18-17-5-3-4-6-20(17)28(24)23(18)31)26-15(2)21(14)22(30)25-12-16(29)13-27-7-9-32-10-8-27/h3-6,11,16,26,29H,7-10,12-13H2,1-2H3,(H,25,30)/t16-/m0/s1. The summed E-state index contributed by atoms with van der Waals surface area (Å²) >= 11 is 0. The fourth-order valence-electron chi connectivity index (χ4n) is 4.19. The number of rotatable bonds is 6. The summed E-state index contributed by atoms with van der Waals surface area (Å²) in [6.45, 7) is 6.94. The van der Waals surface area contributed by atoms with Gasteiger partial charge in [-0.05, 0) is 31.6 Å². The number of aliphatic hydroxyl groups excluding tert-OH is 1. The molecule has 0 radical (unpaired) electrons. The Morgan fingerprint density at radius 2 is 2.03 bits per heavy atom. The van der Waals surface area contributed by atoms with E-state index >= 15 is 0 Å². The maximum atomic E-state index is 14.3. The lowest BCUT2D eigenvalue weighted by molar-refractivity contribution is -0.115. The van der Waals surface area contributed by atoms with Gasteiger partial charge in [0.15, 0.2) is 0 Å². The molecule has 2 amide bonds. The van der Waals surface area contributed by atoms with Crippen molar-refractivity contribution in [1.82, 2.24) is 15.2 Å². The van der Waals surface area contributed by atoms with E-state index in [0.29, 0.717) is 47.8 Å². The topological polar surface area (TPSA) is 97.9 Å². The number of fused-ring (bicyclic) bond motifs is 1. The van der Waals surface area contributed by atoms with Crippen LogP contribution in [0.1, 0.15) is 32.9 Å². The number of β-amino-alcohol motifs (C(OH)–C–C–N with tert-alkyl or cyclic N) is 1. The minimum atomic E-state index is -0.741. The van der Waals surface area contributed by atoms with Crippen LogP contribution in [0.25, 0.3) is 11.6 Å². The predicted octanol–water partition coefficient (Wildman–Crippen LogP) is 1.83. The van der Waals surface area contributed by atoms with Crippen molar-refractivity contribution in [2.45, 2.75) is 20.0 Å². The molecule has 1 aromatic carbocycles. The Balaban J connectivity index is 1.48. The maximum absolute atomic E-state index is 14.3. The van der Waals surface area contributed by atoms with Gasteiger partial charge in [0.2, 0.25) is 0 Å². The fraction of sp³-hybridized carbons (Fsp3) is 0.391. The Bertz CT molecular complexity index is 1060. The number of hydrogen-bond donors (Lipinski definition) is 3. The number of benzene rings is 1. The SMILES string of the molecule is Cc1[nH]c(C=C2C(=O)N(F)c3ccccc32)c(C)c1C(=O)NC[C@H](O)CN1CCOCC1. The molecular weight excluding hydrogens is 415 g/mol. The number of aryl methyl sites for hydroxylation is 1. The van der Waals surface area contributed by atoms with E-state index in [9.17, 15) is 19.2 Å². The van der Waals surface area contributed by atoms with Gasteiger partial charge in [-0.3, -0.25) is 14.5 Å². The van der Waals surface area contributed by atoms with Crippen molar-refractivity contribution < 1.29 is 23.9 Å². The maximum Gasteiger partial charge on any atom is 0.287 e. The smallest absolute Gasteiger partial charge is 0.287 e. The third-order valence-electron chi connectivity index (χ3n) is 5.88. The van der Waals surface area contributed by atoms with Crippen LogP contribution < -0.4 is 10.4 Å². The number of halogens is 1. The van der Waals surface area contributed by atoms with Gasteiger partial charge in [0.1, 0.15) is 0 Å². The molecule has 8 nitrogen and oxygen atoms in total. The molecular formula is C23H27FN4O4. The van der Waals surface area contributed by atoms with Gasteiger partial charge in [-0.25, -0.2) is 0 Å². The molecule has 3 N–H and O–H groups in total. The Labute approximate surface area is 185 Å². The average Bonchev–Trinajstić information content (AvgIpc) is 3.20. The second-order valence-electron chi connectivity index (χ2n) is 8.10. The van der Waals surface area contributed by atoms with E-state index in [1.807, 2.05) is 0 Å². The van der Waals surface area contributed by atoms with E-state index in [-0.39, 0.29) is 28.8 Å². The first-order valence-corrected chi connectivity index (χ1v) is 10.6. The molecule has 2 aliphatic heterocycles. The third-order valence-corrected chi connectivity index (χ3v) is 5.88. The molecule has 32 heavy (non-hydrogen) atoms. The summed E-state index contributed by atoms with van der Waals surface area (Å²) < 4.78 is 19.6. The van der Waals surface area contributed by atoms with Gasteiger partial charge in [0, 0.05) is 43.1 Å². The molecule has 0 saturated carbocycles. The molecule has 170 valence electrons. The Kier molecular flexibility index (Phi) is 6.40. The second-order valence-corrected chi connectivity index (χ2v) is 8.10. The normalized spacial score (nSPS) is 18.8. The molecule has 1 saturated heterocycles. The predicted molar refractivity (Wildman–Crippen MR) is 119 cm³/mol. The van der Waals surface area contributed by atoms with Crippen molar-refractivity contribution in [3.8, 4) is 0 Å². The first-order valence-electron chi connectivity index (χ1n) is 10.6. The van der Waals surface area contributed by atoms with Gasteiger partial charge in [-0.2, -0.15) is 0 Å². The first kappa shape index (κ1) is 22.2. The van der Waals surface area contributed by atoms with Crippen LogP contribution in [0.2, 0.25) is 0 Å². The molecule has 3 heterocycles. The number of carbonyl (C=O) groups excluding carboxylic acids is 2. The summed E-state index contributed by atoms with van der Waals surface area (Å²) in [6, 6.07) is 6.64. The summed E-state index contributed by atoms with van der Waals surface area (Å²) in [5, 5.41) is 13.2. The van der Waals surface area contributed by atoms with E-state index in [4.69, 9.17) is 4.74 Å². The van der Waals surface area contributed by atoms with E-state index in [1.165, 1.54) is 0 Å². The molecule has 1 fully saturated rings. The molecule has 0 unspecified atom stereocenters. The highest BCUT2D eigenvalue weighted by Gasteiger charge is 2.33. The van der Waals surface area contributed by atoms with E-state index in [2.05, 4.69) is 15.2 Å². The van der Waals surface area contributed by atoms with Crippen LogP contribution in [0, 0.1) is 13.8 Å². The minimum Gasteiger partial charge on any atom is -0.390 e. The number of para-hydroxylation sites is 1. The van der Waals surface area contributed by atoms with Gasteiger partial charge in [-0.15, -0.1) is 5.12 Å².